The van der Waals surface area contributed by atoms with Gasteiger partial charge in [0.05, 0.1) is 6.04 Å². The zero-order chi connectivity index (χ0) is 23.6. The highest BCUT2D eigenvalue weighted by molar-refractivity contribution is 7.80. The van der Waals surface area contributed by atoms with Crippen LogP contribution >= 0.6 is 12.6 Å². The largest absolute Gasteiger partial charge is 0.480 e. The highest BCUT2D eigenvalue weighted by atomic mass is 32.1. The molecule has 10 heteroatoms. The van der Waals surface area contributed by atoms with Crippen molar-refractivity contribution in [1.82, 2.24) is 16.0 Å². The quantitative estimate of drug-likeness (QED) is 0.227. The Hall–Kier alpha value is -1.81. The summed E-state index contributed by atoms with van der Waals surface area (Å²) < 4.78 is 0. The molecule has 0 aromatic rings. The van der Waals surface area contributed by atoms with Crippen LogP contribution in [0.15, 0.2) is 0 Å². The van der Waals surface area contributed by atoms with Crippen molar-refractivity contribution < 1.29 is 24.3 Å². The van der Waals surface area contributed by atoms with Gasteiger partial charge in [0.25, 0.3) is 0 Å². The fourth-order valence-electron chi connectivity index (χ4n) is 2.78. The fourth-order valence-corrected chi connectivity index (χ4v) is 2.94. The van der Waals surface area contributed by atoms with Gasteiger partial charge in [0.15, 0.2) is 0 Å². The maximum atomic E-state index is 12.9. The van der Waals surface area contributed by atoms with Gasteiger partial charge in [0.1, 0.15) is 18.1 Å². The van der Waals surface area contributed by atoms with Gasteiger partial charge in [-0.05, 0) is 24.2 Å². The van der Waals surface area contributed by atoms with E-state index >= 15 is 0 Å². The molecule has 0 saturated heterocycles. The van der Waals surface area contributed by atoms with Crippen LogP contribution in [0.3, 0.4) is 0 Å². The third-order valence-electron chi connectivity index (χ3n) is 4.90. The number of carboxylic acids is 1. The van der Waals surface area contributed by atoms with Crippen molar-refractivity contribution in [2.24, 2.45) is 23.5 Å². The minimum absolute atomic E-state index is 0.0690. The van der Waals surface area contributed by atoms with Crippen LogP contribution in [-0.4, -0.2) is 58.7 Å². The van der Waals surface area contributed by atoms with E-state index in [9.17, 15) is 24.3 Å². The Bertz CT molecular complexity index is 600. The second kappa shape index (κ2) is 13.5. The summed E-state index contributed by atoms with van der Waals surface area (Å²) in [5.41, 5.74) is 5.69. The van der Waals surface area contributed by atoms with Crippen LogP contribution in [0.1, 0.15) is 54.4 Å². The Kier molecular flexibility index (Phi) is 12.7. The number of aliphatic carboxylic acids is 1. The molecule has 0 saturated carbocycles. The molecular weight excluding hydrogens is 408 g/mol. The zero-order valence-corrected chi connectivity index (χ0v) is 19.7. The predicted octanol–water partition coefficient (Wildman–Crippen LogP) is 0.531. The molecule has 0 aliphatic rings. The maximum Gasteiger partial charge on any atom is 0.326 e. The molecule has 0 radical (unpaired) electrons. The number of carbonyl (C=O) groups is 4. The van der Waals surface area contributed by atoms with Gasteiger partial charge in [0, 0.05) is 5.75 Å². The van der Waals surface area contributed by atoms with Crippen LogP contribution in [0, 0.1) is 17.8 Å². The third-order valence-corrected chi connectivity index (χ3v) is 5.29. The Morgan fingerprint density at radius 1 is 0.900 bits per heavy atom. The van der Waals surface area contributed by atoms with E-state index in [0.29, 0.717) is 6.42 Å². The van der Waals surface area contributed by atoms with Gasteiger partial charge in [0.2, 0.25) is 17.7 Å². The van der Waals surface area contributed by atoms with Crippen LogP contribution in [0.5, 0.6) is 0 Å². The average Bonchev–Trinajstić information content (AvgIpc) is 2.66. The van der Waals surface area contributed by atoms with E-state index in [4.69, 9.17) is 5.73 Å². The van der Waals surface area contributed by atoms with E-state index in [1.807, 2.05) is 27.7 Å². The highest BCUT2D eigenvalue weighted by Crippen LogP contribution is 2.12. The SMILES string of the molecule is CCC(C)C(NC(=O)C(N)CS)C(=O)NC(C(=O)NC(CC(C)C)C(=O)O)C(C)C. The number of hydrogen-bond donors (Lipinski definition) is 6. The molecule has 30 heavy (non-hydrogen) atoms. The molecule has 6 N–H and O–H groups in total. The molecule has 5 atom stereocenters. The van der Waals surface area contributed by atoms with Gasteiger partial charge in [-0.15, -0.1) is 0 Å². The lowest BCUT2D eigenvalue weighted by molar-refractivity contribution is -0.143. The van der Waals surface area contributed by atoms with E-state index in [0.717, 1.165) is 0 Å². The molecular formula is C20H38N4O5S. The maximum absolute atomic E-state index is 12.9. The van der Waals surface area contributed by atoms with Gasteiger partial charge < -0.3 is 26.8 Å². The minimum atomic E-state index is -1.13. The monoisotopic (exact) mass is 446 g/mol. The van der Waals surface area contributed by atoms with Gasteiger partial charge in [-0.1, -0.05) is 48.0 Å². The lowest BCUT2D eigenvalue weighted by atomic mass is 9.96. The van der Waals surface area contributed by atoms with Crippen LogP contribution in [0.2, 0.25) is 0 Å². The molecule has 5 unspecified atom stereocenters. The summed E-state index contributed by atoms with van der Waals surface area (Å²) in [6, 6.07) is -3.74. The molecule has 174 valence electrons. The zero-order valence-electron chi connectivity index (χ0n) is 18.8. The number of carboxylic acid groups (broad SMARTS) is 1. The summed E-state index contributed by atoms with van der Waals surface area (Å²) >= 11 is 4.00. The number of nitrogens with one attached hydrogen (secondary N) is 3. The molecule has 0 fully saturated rings. The van der Waals surface area contributed by atoms with Crippen molar-refractivity contribution in [3.63, 3.8) is 0 Å². The summed E-state index contributed by atoms with van der Waals surface area (Å²) in [4.78, 5) is 49.3. The smallest absolute Gasteiger partial charge is 0.326 e. The first-order valence-corrected chi connectivity index (χ1v) is 11.0. The molecule has 0 aromatic carbocycles. The molecule has 0 aliphatic carbocycles. The Morgan fingerprint density at radius 2 is 1.40 bits per heavy atom. The van der Waals surface area contributed by atoms with Gasteiger partial charge in [-0.2, -0.15) is 12.6 Å². The lowest BCUT2D eigenvalue weighted by Gasteiger charge is -2.29. The molecule has 0 heterocycles. The highest BCUT2D eigenvalue weighted by Gasteiger charge is 2.33. The Balaban J connectivity index is 5.43. The predicted molar refractivity (Wildman–Crippen MR) is 119 cm³/mol. The van der Waals surface area contributed by atoms with Crippen LogP contribution in [-0.2, 0) is 19.2 Å². The summed E-state index contributed by atoms with van der Waals surface area (Å²) in [7, 11) is 0. The van der Waals surface area contributed by atoms with Crippen LogP contribution < -0.4 is 21.7 Å². The van der Waals surface area contributed by atoms with E-state index in [1.165, 1.54) is 0 Å². The fraction of sp³-hybridized carbons (Fsp3) is 0.800. The first kappa shape index (κ1) is 28.2. The summed E-state index contributed by atoms with van der Waals surface area (Å²) in [5.74, 6) is -3.03. The molecule has 0 aliphatic heterocycles. The number of nitrogens with two attached hydrogens (primary N) is 1. The molecule has 0 spiro atoms. The van der Waals surface area contributed by atoms with E-state index in [-0.39, 0.29) is 29.9 Å². The van der Waals surface area contributed by atoms with Crippen molar-refractivity contribution in [3.8, 4) is 0 Å². The first-order valence-electron chi connectivity index (χ1n) is 10.4. The molecule has 3 amide bonds. The van der Waals surface area contributed by atoms with Gasteiger partial charge in [-0.3, -0.25) is 14.4 Å². The number of thiol groups is 1. The van der Waals surface area contributed by atoms with Crippen LogP contribution in [0.25, 0.3) is 0 Å². The van der Waals surface area contributed by atoms with Crippen molar-refractivity contribution in [2.75, 3.05) is 5.75 Å². The topological polar surface area (TPSA) is 151 Å². The normalized spacial score (nSPS) is 16.3. The van der Waals surface area contributed by atoms with Gasteiger partial charge in [-0.25, -0.2) is 4.79 Å². The third kappa shape index (κ3) is 9.34. The average molecular weight is 447 g/mol. The lowest BCUT2D eigenvalue weighted by Crippen LogP contribution is -2.60. The Morgan fingerprint density at radius 3 is 1.80 bits per heavy atom. The first-order chi connectivity index (χ1) is 13.8. The molecule has 9 nitrogen and oxygen atoms in total. The number of carbonyl (C=O) groups excluding carboxylic acids is 3. The number of rotatable bonds is 13. The summed E-state index contributed by atoms with van der Waals surface area (Å²) in [6.45, 7) is 10.9. The Labute approximate surface area is 184 Å². The van der Waals surface area contributed by atoms with Crippen molar-refractivity contribution in [3.05, 3.63) is 0 Å². The summed E-state index contributed by atoms with van der Waals surface area (Å²) in [5, 5.41) is 17.2. The number of hydrogen-bond acceptors (Lipinski definition) is 6. The van der Waals surface area contributed by atoms with Crippen molar-refractivity contribution >= 4 is 36.3 Å². The number of amides is 3. The van der Waals surface area contributed by atoms with Gasteiger partial charge >= 0.3 is 5.97 Å². The van der Waals surface area contributed by atoms with E-state index < -0.39 is 47.9 Å². The van der Waals surface area contributed by atoms with E-state index in [2.05, 4.69) is 28.6 Å². The summed E-state index contributed by atoms with van der Waals surface area (Å²) in [6.07, 6.45) is 0.884. The molecule has 0 rings (SSSR count). The van der Waals surface area contributed by atoms with Crippen LogP contribution in [0.4, 0.5) is 0 Å². The standard InChI is InChI=1S/C20H38N4O5S/c1-7-12(6)16(24-17(25)13(21)9-30)19(27)23-15(11(4)5)18(26)22-14(20(28)29)8-10(2)3/h10-16,30H,7-9,21H2,1-6H3,(H,22,26)(H,23,27)(H,24,25)(H,28,29). The van der Waals surface area contributed by atoms with E-state index in [1.54, 1.807) is 13.8 Å². The van der Waals surface area contributed by atoms with Crippen molar-refractivity contribution in [2.45, 2.75) is 78.6 Å². The molecule has 0 aromatic heterocycles. The second-order valence-corrected chi connectivity index (χ2v) is 8.79. The molecule has 0 bridgehead atoms. The minimum Gasteiger partial charge on any atom is -0.480 e. The second-order valence-electron chi connectivity index (χ2n) is 8.42. The van der Waals surface area contributed by atoms with Crippen molar-refractivity contribution in [1.29, 1.82) is 0 Å².